The summed E-state index contributed by atoms with van der Waals surface area (Å²) in [5, 5.41) is 16.7. The summed E-state index contributed by atoms with van der Waals surface area (Å²) < 4.78 is 29.3. The summed E-state index contributed by atoms with van der Waals surface area (Å²) in [6.07, 6.45) is -0.864. The van der Waals surface area contributed by atoms with Crippen LogP contribution in [0.5, 0.6) is 11.6 Å². The van der Waals surface area contributed by atoms with E-state index in [4.69, 9.17) is 9.47 Å². The number of benzene rings is 3. The largest absolute Gasteiger partial charge is 0.512 e. The van der Waals surface area contributed by atoms with Crippen molar-refractivity contribution in [3.05, 3.63) is 77.9 Å². The van der Waals surface area contributed by atoms with Crippen LogP contribution in [0.15, 0.2) is 60.7 Å². The van der Waals surface area contributed by atoms with Crippen LogP contribution >= 0.6 is 0 Å². The second-order valence-corrected chi connectivity index (χ2v) is 8.71. The summed E-state index contributed by atoms with van der Waals surface area (Å²) in [6.45, 7) is 4.54. The van der Waals surface area contributed by atoms with E-state index in [2.05, 4.69) is 5.10 Å². The van der Waals surface area contributed by atoms with Crippen molar-refractivity contribution in [3.63, 3.8) is 0 Å². The van der Waals surface area contributed by atoms with Crippen LogP contribution in [0.2, 0.25) is 0 Å². The molecule has 0 aliphatic carbocycles. The highest BCUT2D eigenvalue weighted by atomic mass is 19.1. The fourth-order valence-electron chi connectivity index (χ4n) is 4.82. The van der Waals surface area contributed by atoms with Crippen LogP contribution in [0.25, 0.3) is 32.8 Å². The van der Waals surface area contributed by atoms with Crippen LogP contribution in [0.1, 0.15) is 17.8 Å². The molecule has 8 heteroatoms. The number of ether oxygens (including phenoxy) is 2. The standard InChI is InChI=1S/C28H26FN3O4/c1-17-25(18(2)31(3)30-17)26-22-16-20(29)12-13-23(22)32(27(26)36-28(33)34)14-7-15-35-24-11-6-9-19-8-4-5-10-21(19)24/h4-6,8-13,16H,7,14-15H2,1-3H3,(H,33,34). The molecule has 7 nitrogen and oxygen atoms in total. The zero-order valence-corrected chi connectivity index (χ0v) is 20.3. The lowest BCUT2D eigenvalue weighted by molar-refractivity contribution is 0.141. The Morgan fingerprint density at radius 3 is 2.56 bits per heavy atom. The van der Waals surface area contributed by atoms with Gasteiger partial charge >= 0.3 is 6.16 Å². The molecule has 1 N–H and O–H groups in total. The first-order valence-corrected chi connectivity index (χ1v) is 11.7. The van der Waals surface area contributed by atoms with Crippen LogP contribution in [-0.2, 0) is 13.6 Å². The van der Waals surface area contributed by atoms with Gasteiger partial charge in [0.25, 0.3) is 0 Å². The molecule has 0 fully saturated rings. The highest BCUT2D eigenvalue weighted by molar-refractivity contribution is 6.01. The molecule has 3 aromatic carbocycles. The van der Waals surface area contributed by atoms with Crippen LogP contribution in [0, 0.1) is 19.7 Å². The number of fused-ring (bicyclic) bond motifs is 2. The van der Waals surface area contributed by atoms with E-state index in [1.807, 2.05) is 63.4 Å². The van der Waals surface area contributed by atoms with E-state index in [1.54, 1.807) is 15.3 Å². The number of hydrogen-bond donors (Lipinski definition) is 1. The van der Waals surface area contributed by atoms with Gasteiger partial charge in [-0.1, -0.05) is 36.4 Å². The first-order chi connectivity index (χ1) is 17.3. The van der Waals surface area contributed by atoms with Crippen molar-refractivity contribution in [1.29, 1.82) is 0 Å². The van der Waals surface area contributed by atoms with Crippen molar-refractivity contribution in [2.24, 2.45) is 7.05 Å². The first-order valence-electron chi connectivity index (χ1n) is 11.7. The van der Waals surface area contributed by atoms with E-state index < -0.39 is 12.0 Å². The second-order valence-electron chi connectivity index (χ2n) is 8.71. The highest BCUT2D eigenvalue weighted by Gasteiger charge is 2.26. The molecular formula is C28H26FN3O4. The zero-order chi connectivity index (χ0) is 25.4. The minimum Gasteiger partial charge on any atom is -0.493 e. The van der Waals surface area contributed by atoms with Gasteiger partial charge in [0.15, 0.2) is 0 Å². The van der Waals surface area contributed by atoms with Crippen LogP contribution < -0.4 is 9.47 Å². The Bertz CT molecular complexity index is 1600. The molecule has 0 saturated carbocycles. The van der Waals surface area contributed by atoms with E-state index in [0.717, 1.165) is 27.8 Å². The molecule has 0 bridgehead atoms. The summed E-state index contributed by atoms with van der Waals surface area (Å²) >= 11 is 0. The Hall–Kier alpha value is -4.33. The van der Waals surface area contributed by atoms with Gasteiger partial charge in [0, 0.05) is 35.6 Å². The molecule has 184 valence electrons. The SMILES string of the molecule is Cc1nn(C)c(C)c1-c1c(OC(=O)O)n(CCCOc2cccc3ccccc23)c2ccc(F)cc12. The van der Waals surface area contributed by atoms with Crippen LogP contribution in [-0.4, -0.2) is 32.2 Å². The molecule has 0 saturated heterocycles. The van der Waals surface area contributed by atoms with E-state index >= 15 is 0 Å². The molecule has 0 radical (unpaired) electrons. The molecule has 2 aromatic heterocycles. The number of carbonyl (C=O) groups is 1. The van der Waals surface area contributed by atoms with Crippen LogP contribution in [0.3, 0.4) is 0 Å². The lowest BCUT2D eigenvalue weighted by Gasteiger charge is -2.13. The Kier molecular flexibility index (Phi) is 6.10. The van der Waals surface area contributed by atoms with Crippen molar-refractivity contribution < 1.29 is 23.8 Å². The molecule has 0 aliphatic heterocycles. The van der Waals surface area contributed by atoms with Crippen molar-refractivity contribution in [2.75, 3.05) is 6.61 Å². The number of hydrogen-bond acceptors (Lipinski definition) is 4. The van der Waals surface area contributed by atoms with Gasteiger partial charge in [0.1, 0.15) is 11.6 Å². The fourth-order valence-corrected chi connectivity index (χ4v) is 4.82. The number of nitrogens with zero attached hydrogens (tertiary/aromatic N) is 3. The normalized spacial score (nSPS) is 11.3. The lowest BCUT2D eigenvalue weighted by Crippen LogP contribution is -2.11. The Morgan fingerprint density at radius 2 is 1.81 bits per heavy atom. The van der Waals surface area contributed by atoms with Crippen molar-refractivity contribution in [2.45, 2.75) is 26.8 Å². The number of halogens is 1. The number of rotatable bonds is 7. The summed E-state index contributed by atoms with van der Waals surface area (Å²) in [7, 11) is 1.81. The molecule has 2 heterocycles. The Labute approximate surface area is 207 Å². The quantitative estimate of drug-likeness (QED) is 0.210. The summed E-state index contributed by atoms with van der Waals surface area (Å²) in [5.41, 5.74) is 3.45. The monoisotopic (exact) mass is 487 g/mol. The summed E-state index contributed by atoms with van der Waals surface area (Å²) in [5.74, 6) is 0.519. The number of carboxylic acid groups (broad SMARTS) is 1. The van der Waals surface area contributed by atoms with Gasteiger partial charge < -0.3 is 19.1 Å². The maximum atomic E-state index is 14.4. The zero-order valence-electron chi connectivity index (χ0n) is 20.3. The first kappa shape index (κ1) is 23.4. The van der Waals surface area contributed by atoms with Gasteiger partial charge in [-0.2, -0.15) is 5.10 Å². The average molecular weight is 488 g/mol. The average Bonchev–Trinajstić information content (AvgIpc) is 3.27. The Balaban J connectivity index is 1.52. The molecule has 0 atom stereocenters. The van der Waals surface area contributed by atoms with Crippen molar-refractivity contribution >= 4 is 27.8 Å². The number of aromatic nitrogens is 3. The molecule has 36 heavy (non-hydrogen) atoms. The minimum atomic E-state index is -1.44. The van der Waals surface area contributed by atoms with Gasteiger partial charge in [-0.25, -0.2) is 9.18 Å². The molecule has 5 rings (SSSR count). The predicted octanol–water partition coefficient (Wildman–Crippen LogP) is 6.48. The molecule has 0 amide bonds. The topological polar surface area (TPSA) is 78.5 Å². The van der Waals surface area contributed by atoms with E-state index in [0.29, 0.717) is 41.7 Å². The molecule has 0 unspecified atom stereocenters. The summed E-state index contributed by atoms with van der Waals surface area (Å²) in [4.78, 5) is 11.7. The lowest BCUT2D eigenvalue weighted by atomic mass is 10.0. The van der Waals surface area contributed by atoms with Gasteiger partial charge in [0.05, 0.1) is 23.4 Å². The van der Waals surface area contributed by atoms with Gasteiger partial charge in [0.2, 0.25) is 5.88 Å². The third-order valence-electron chi connectivity index (χ3n) is 6.45. The third kappa shape index (κ3) is 4.15. The van der Waals surface area contributed by atoms with Crippen molar-refractivity contribution in [1.82, 2.24) is 14.3 Å². The minimum absolute atomic E-state index is 0.146. The summed E-state index contributed by atoms with van der Waals surface area (Å²) in [6, 6.07) is 18.4. The molecule has 0 spiro atoms. The van der Waals surface area contributed by atoms with Crippen LogP contribution in [0.4, 0.5) is 9.18 Å². The maximum absolute atomic E-state index is 14.4. The maximum Gasteiger partial charge on any atom is 0.512 e. The highest BCUT2D eigenvalue weighted by Crippen LogP contribution is 2.43. The number of aryl methyl sites for hydroxylation is 3. The van der Waals surface area contributed by atoms with E-state index in [1.165, 1.54) is 12.1 Å². The molecule has 0 aliphatic rings. The second kappa shape index (κ2) is 9.37. The van der Waals surface area contributed by atoms with E-state index in [-0.39, 0.29) is 5.88 Å². The predicted molar refractivity (Wildman–Crippen MR) is 136 cm³/mol. The molecule has 5 aromatic rings. The third-order valence-corrected chi connectivity index (χ3v) is 6.45. The van der Waals surface area contributed by atoms with Crippen molar-refractivity contribution in [3.8, 4) is 22.8 Å². The van der Waals surface area contributed by atoms with E-state index in [9.17, 15) is 14.3 Å². The van der Waals surface area contributed by atoms with Gasteiger partial charge in [-0.15, -0.1) is 0 Å². The molecular weight excluding hydrogens is 461 g/mol. The Morgan fingerprint density at radius 1 is 1.03 bits per heavy atom. The fraction of sp³-hybridized carbons (Fsp3) is 0.214. The van der Waals surface area contributed by atoms with Gasteiger partial charge in [-0.3, -0.25) is 4.68 Å². The smallest absolute Gasteiger partial charge is 0.493 e. The van der Waals surface area contributed by atoms with Gasteiger partial charge in [-0.05, 0) is 49.9 Å².